The van der Waals surface area contributed by atoms with Crippen LogP contribution in [0.15, 0.2) is 50.2 Å². The number of amides is 1. The fourth-order valence-electron chi connectivity index (χ4n) is 1.67. The van der Waals surface area contributed by atoms with Gasteiger partial charge in [-0.3, -0.25) is 4.79 Å². The second-order valence-corrected chi connectivity index (χ2v) is 7.59. The molecule has 0 spiro atoms. The fourth-order valence-corrected chi connectivity index (χ4v) is 4.11. The highest BCUT2D eigenvalue weighted by atomic mass is 79.9. The van der Waals surface area contributed by atoms with Crippen molar-refractivity contribution in [3.05, 3.63) is 55.9 Å². The summed E-state index contributed by atoms with van der Waals surface area (Å²) in [5.41, 5.74) is 1.87. The molecule has 6 heteroatoms. The van der Waals surface area contributed by atoms with Gasteiger partial charge in [0.2, 0.25) is 5.91 Å². The lowest BCUT2D eigenvalue weighted by Crippen LogP contribution is -2.14. The lowest BCUT2D eigenvalue weighted by Gasteiger charge is -2.10. The van der Waals surface area contributed by atoms with E-state index in [0.29, 0.717) is 10.8 Å². The lowest BCUT2D eigenvalue weighted by atomic mass is 10.2. The van der Waals surface area contributed by atoms with Crippen LogP contribution in [-0.2, 0) is 4.79 Å². The topological polar surface area (TPSA) is 29.1 Å². The van der Waals surface area contributed by atoms with Gasteiger partial charge in [-0.05, 0) is 80.7 Å². The average Bonchev–Trinajstić information content (AvgIpc) is 2.42. The Morgan fingerprint density at radius 2 is 1.76 bits per heavy atom. The van der Waals surface area contributed by atoms with Gasteiger partial charge in [0.15, 0.2) is 0 Å². The maximum Gasteiger partial charge on any atom is 0.234 e. The van der Waals surface area contributed by atoms with Crippen molar-refractivity contribution in [2.45, 2.75) is 11.8 Å². The molecule has 0 saturated heterocycles. The number of thioether (sulfide) groups is 1. The largest absolute Gasteiger partial charge is 0.323 e. The third-order valence-corrected chi connectivity index (χ3v) is 5.15. The van der Waals surface area contributed by atoms with Crippen LogP contribution < -0.4 is 5.32 Å². The van der Waals surface area contributed by atoms with E-state index < -0.39 is 0 Å². The molecule has 0 atom stereocenters. The minimum absolute atomic E-state index is 0.0554. The van der Waals surface area contributed by atoms with Crippen molar-refractivity contribution in [3.8, 4) is 0 Å². The van der Waals surface area contributed by atoms with Crippen molar-refractivity contribution in [2.75, 3.05) is 11.1 Å². The summed E-state index contributed by atoms with van der Waals surface area (Å²) < 4.78 is 1.72. The highest BCUT2D eigenvalue weighted by Gasteiger charge is 2.10. The lowest BCUT2D eigenvalue weighted by molar-refractivity contribution is -0.113. The van der Waals surface area contributed by atoms with Crippen LogP contribution in [0, 0.1) is 6.92 Å². The normalized spacial score (nSPS) is 10.5. The predicted octanol–water partition coefficient (Wildman–Crippen LogP) is 5.90. The Hall–Kier alpha value is -0.490. The van der Waals surface area contributed by atoms with E-state index >= 15 is 0 Å². The molecule has 110 valence electrons. The number of halogens is 3. The summed E-state index contributed by atoms with van der Waals surface area (Å²) in [6.07, 6.45) is 0. The molecule has 2 nitrogen and oxygen atoms in total. The maximum absolute atomic E-state index is 12.0. The van der Waals surface area contributed by atoms with Crippen LogP contribution in [0.4, 0.5) is 5.69 Å². The van der Waals surface area contributed by atoms with Crippen LogP contribution in [0.2, 0.25) is 5.02 Å². The molecule has 0 aliphatic heterocycles. The molecule has 2 aromatic carbocycles. The van der Waals surface area contributed by atoms with Crippen LogP contribution >= 0.6 is 55.2 Å². The van der Waals surface area contributed by atoms with E-state index in [-0.39, 0.29) is 5.91 Å². The molecule has 0 bridgehead atoms. The molecule has 1 amide bonds. The van der Waals surface area contributed by atoms with Gasteiger partial charge in [-0.25, -0.2) is 0 Å². The molecule has 0 aromatic heterocycles. The third kappa shape index (κ3) is 5.02. The summed E-state index contributed by atoms with van der Waals surface area (Å²) in [6.45, 7) is 2.00. The number of carbonyl (C=O) groups is 1. The first-order chi connectivity index (χ1) is 9.95. The zero-order valence-corrected chi connectivity index (χ0v) is 15.9. The van der Waals surface area contributed by atoms with Crippen molar-refractivity contribution >= 4 is 66.8 Å². The molecule has 0 aliphatic carbocycles. The van der Waals surface area contributed by atoms with E-state index in [1.165, 1.54) is 11.8 Å². The summed E-state index contributed by atoms with van der Waals surface area (Å²) in [6, 6.07) is 11.4. The van der Waals surface area contributed by atoms with Gasteiger partial charge in [-0.2, -0.15) is 0 Å². The summed E-state index contributed by atoms with van der Waals surface area (Å²) in [5.74, 6) is 0.286. The molecule has 2 rings (SSSR count). The van der Waals surface area contributed by atoms with Crippen molar-refractivity contribution in [1.82, 2.24) is 0 Å². The maximum atomic E-state index is 12.0. The Morgan fingerprint density at radius 1 is 1.19 bits per heavy atom. The molecule has 0 radical (unpaired) electrons. The molecule has 0 heterocycles. The smallest absolute Gasteiger partial charge is 0.234 e. The van der Waals surface area contributed by atoms with E-state index in [4.69, 9.17) is 11.6 Å². The number of benzene rings is 2. The van der Waals surface area contributed by atoms with Gasteiger partial charge in [0, 0.05) is 18.9 Å². The standard InChI is InChI=1S/C15H12Br2ClNOS/c1-9-6-12(16)15(13(17)7-9)19-14(20)8-21-11-4-2-10(18)3-5-11/h2-7H,8H2,1H3,(H,19,20). The molecule has 1 N–H and O–H groups in total. The van der Waals surface area contributed by atoms with E-state index in [9.17, 15) is 4.79 Å². The van der Waals surface area contributed by atoms with Gasteiger partial charge < -0.3 is 5.32 Å². The molecule has 0 aliphatic rings. The zero-order chi connectivity index (χ0) is 15.4. The molecule has 21 heavy (non-hydrogen) atoms. The second kappa shape index (κ2) is 7.68. The second-order valence-electron chi connectivity index (χ2n) is 4.39. The van der Waals surface area contributed by atoms with E-state index in [1.807, 2.05) is 43.3 Å². The SMILES string of the molecule is Cc1cc(Br)c(NC(=O)CSc2ccc(Cl)cc2)c(Br)c1. The van der Waals surface area contributed by atoms with Crippen molar-refractivity contribution in [2.24, 2.45) is 0 Å². The van der Waals surface area contributed by atoms with Gasteiger partial charge in [0.25, 0.3) is 0 Å². The van der Waals surface area contributed by atoms with E-state index in [2.05, 4.69) is 37.2 Å². The van der Waals surface area contributed by atoms with Gasteiger partial charge in [-0.1, -0.05) is 11.6 Å². The number of anilines is 1. The van der Waals surface area contributed by atoms with Gasteiger partial charge in [0.1, 0.15) is 0 Å². The Labute approximate surface area is 149 Å². The minimum atomic E-state index is -0.0554. The first-order valence-corrected chi connectivity index (χ1v) is 9.04. The zero-order valence-electron chi connectivity index (χ0n) is 11.1. The first-order valence-electron chi connectivity index (χ1n) is 6.09. The fraction of sp³-hybridized carbons (Fsp3) is 0.133. The number of hydrogen-bond donors (Lipinski definition) is 1. The van der Waals surface area contributed by atoms with E-state index in [0.717, 1.165) is 25.1 Å². The van der Waals surface area contributed by atoms with Crippen LogP contribution in [0.5, 0.6) is 0 Å². The molecule has 0 saturated carbocycles. The summed E-state index contributed by atoms with van der Waals surface area (Å²) in [7, 11) is 0. The van der Waals surface area contributed by atoms with Crippen LogP contribution in [-0.4, -0.2) is 11.7 Å². The van der Waals surface area contributed by atoms with Gasteiger partial charge in [0.05, 0.1) is 11.4 Å². The Bertz CT molecular complexity index is 638. The third-order valence-electron chi connectivity index (χ3n) is 2.63. The Balaban J connectivity index is 1.97. The number of hydrogen-bond acceptors (Lipinski definition) is 2. The molecule has 2 aromatic rings. The van der Waals surface area contributed by atoms with Crippen molar-refractivity contribution in [3.63, 3.8) is 0 Å². The highest BCUT2D eigenvalue weighted by Crippen LogP contribution is 2.32. The summed E-state index contributed by atoms with van der Waals surface area (Å²) >= 11 is 14.2. The summed E-state index contributed by atoms with van der Waals surface area (Å²) in [5, 5.41) is 3.60. The highest BCUT2D eigenvalue weighted by molar-refractivity contribution is 9.11. The minimum Gasteiger partial charge on any atom is -0.323 e. The summed E-state index contributed by atoms with van der Waals surface area (Å²) in [4.78, 5) is 13.1. The Morgan fingerprint density at radius 3 is 2.33 bits per heavy atom. The average molecular weight is 450 g/mol. The quantitative estimate of drug-likeness (QED) is 0.589. The molecule has 0 fully saturated rings. The first kappa shape index (κ1) is 16.9. The van der Waals surface area contributed by atoms with Crippen LogP contribution in [0.3, 0.4) is 0 Å². The molecular formula is C15H12Br2ClNOS. The predicted molar refractivity (Wildman–Crippen MR) is 97.4 cm³/mol. The van der Waals surface area contributed by atoms with Crippen molar-refractivity contribution < 1.29 is 4.79 Å². The van der Waals surface area contributed by atoms with Crippen LogP contribution in [0.25, 0.3) is 0 Å². The Kier molecular flexibility index (Phi) is 6.17. The monoisotopic (exact) mass is 447 g/mol. The van der Waals surface area contributed by atoms with Gasteiger partial charge in [-0.15, -0.1) is 11.8 Å². The van der Waals surface area contributed by atoms with Crippen molar-refractivity contribution in [1.29, 1.82) is 0 Å². The number of aryl methyl sites for hydroxylation is 1. The number of carbonyl (C=O) groups excluding carboxylic acids is 1. The number of nitrogens with one attached hydrogen (secondary N) is 1. The molecule has 0 unspecified atom stereocenters. The van der Waals surface area contributed by atoms with Gasteiger partial charge >= 0.3 is 0 Å². The van der Waals surface area contributed by atoms with E-state index in [1.54, 1.807) is 0 Å². The molecular weight excluding hydrogens is 437 g/mol. The van der Waals surface area contributed by atoms with Crippen LogP contribution in [0.1, 0.15) is 5.56 Å². The number of rotatable bonds is 4.